The molecule has 0 bridgehead atoms. The van der Waals surface area contributed by atoms with Crippen LogP contribution in [0.4, 0.5) is 0 Å². The number of para-hydroxylation sites is 1. The van der Waals surface area contributed by atoms with Crippen LogP contribution in [0.25, 0.3) is 11.0 Å². The predicted molar refractivity (Wildman–Crippen MR) is 119 cm³/mol. The predicted octanol–water partition coefficient (Wildman–Crippen LogP) is 4.38. The van der Waals surface area contributed by atoms with E-state index in [2.05, 4.69) is 18.7 Å². The van der Waals surface area contributed by atoms with E-state index in [0.717, 1.165) is 37.2 Å². The van der Waals surface area contributed by atoms with Gasteiger partial charge in [0.1, 0.15) is 5.58 Å². The summed E-state index contributed by atoms with van der Waals surface area (Å²) in [6, 6.07) is 14.8. The topological polar surface area (TPSA) is 53.8 Å². The van der Waals surface area contributed by atoms with Crippen molar-refractivity contribution in [3.8, 4) is 0 Å². The van der Waals surface area contributed by atoms with E-state index in [1.165, 1.54) is 0 Å². The molecule has 0 fully saturated rings. The molecule has 1 aromatic heterocycles. The maximum absolute atomic E-state index is 13.4. The van der Waals surface area contributed by atoms with Crippen LogP contribution in [-0.2, 0) is 0 Å². The molecule has 0 unspecified atom stereocenters. The number of carbonyl (C=O) groups excluding carboxylic acids is 1. The second kappa shape index (κ2) is 8.44. The van der Waals surface area contributed by atoms with Gasteiger partial charge in [0.25, 0.3) is 5.91 Å². The molecule has 4 rings (SSSR count). The van der Waals surface area contributed by atoms with Crippen LogP contribution in [-0.4, -0.2) is 41.9 Å². The van der Waals surface area contributed by atoms with Gasteiger partial charge in [-0.2, -0.15) is 0 Å². The summed E-state index contributed by atoms with van der Waals surface area (Å²) in [6.07, 6.45) is 0.845. The van der Waals surface area contributed by atoms with Gasteiger partial charge < -0.3 is 14.2 Å². The molecule has 3 aromatic rings. The molecule has 5 nitrogen and oxygen atoms in total. The van der Waals surface area contributed by atoms with Crippen molar-refractivity contribution >= 4 is 16.9 Å². The van der Waals surface area contributed by atoms with E-state index in [-0.39, 0.29) is 17.1 Å². The molecule has 0 saturated heterocycles. The maximum Gasteiger partial charge on any atom is 0.290 e. The molecule has 0 spiro atoms. The minimum Gasteiger partial charge on any atom is -0.450 e. The van der Waals surface area contributed by atoms with Gasteiger partial charge in [0, 0.05) is 6.54 Å². The highest BCUT2D eigenvalue weighted by atomic mass is 16.3. The minimum absolute atomic E-state index is 0.114. The van der Waals surface area contributed by atoms with Gasteiger partial charge in [-0.15, -0.1) is 0 Å². The number of amides is 1. The van der Waals surface area contributed by atoms with Crippen LogP contribution in [0.2, 0.25) is 0 Å². The molecule has 1 atom stereocenters. The zero-order valence-corrected chi connectivity index (χ0v) is 17.9. The summed E-state index contributed by atoms with van der Waals surface area (Å²) in [5.41, 5.74) is 2.89. The van der Waals surface area contributed by atoms with Gasteiger partial charge in [0.2, 0.25) is 5.76 Å². The summed E-state index contributed by atoms with van der Waals surface area (Å²) >= 11 is 0. The first-order chi connectivity index (χ1) is 14.5. The highest BCUT2D eigenvalue weighted by molar-refractivity contribution is 5.99. The normalized spacial score (nSPS) is 15.9. The lowest BCUT2D eigenvalue weighted by atomic mass is 9.97. The lowest BCUT2D eigenvalue weighted by molar-refractivity contribution is 0.0720. The van der Waals surface area contributed by atoms with E-state index in [1.54, 1.807) is 12.1 Å². The summed E-state index contributed by atoms with van der Waals surface area (Å²) in [5.74, 6) is -0.00918. The Labute approximate surface area is 176 Å². The number of hydrogen-bond donors (Lipinski definition) is 0. The molecule has 1 aliphatic heterocycles. The van der Waals surface area contributed by atoms with Crippen molar-refractivity contribution < 1.29 is 9.21 Å². The van der Waals surface area contributed by atoms with Crippen molar-refractivity contribution in [2.24, 2.45) is 0 Å². The average molecular weight is 405 g/mol. The SMILES string of the molecule is CCN(CC)CCCN1C(=O)c2oc3ccccc3c(=O)c2[C@H]1c1ccc(C)cc1. The summed E-state index contributed by atoms with van der Waals surface area (Å²) in [5, 5.41) is 0.520. The molecule has 1 amide bonds. The van der Waals surface area contributed by atoms with Crippen molar-refractivity contribution in [1.29, 1.82) is 0 Å². The zero-order valence-electron chi connectivity index (χ0n) is 17.9. The molecule has 5 heteroatoms. The smallest absolute Gasteiger partial charge is 0.290 e. The molecule has 0 aliphatic carbocycles. The van der Waals surface area contributed by atoms with Crippen molar-refractivity contribution in [1.82, 2.24) is 9.80 Å². The molecule has 30 heavy (non-hydrogen) atoms. The number of fused-ring (bicyclic) bond motifs is 2. The third-order valence-electron chi connectivity index (χ3n) is 6.03. The van der Waals surface area contributed by atoms with Crippen LogP contribution >= 0.6 is 0 Å². The minimum atomic E-state index is -0.411. The van der Waals surface area contributed by atoms with E-state index >= 15 is 0 Å². The first-order valence-corrected chi connectivity index (χ1v) is 10.7. The standard InChI is InChI=1S/C25H28N2O3/c1-4-26(5-2)15-8-16-27-22(18-13-11-17(3)12-14-18)21-23(28)19-9-6-7-10-20(19)30-24(21)25(27)29/h6-7,9-14,22H,4-5,8,15-16H2,1-3H3/t22-/m1/s1. The molecule has 0 saturated carbocycles. The Hall–Kier alpha value is -2.92. The van der Waals surface area contributed by atoms with Crippen LogP contribution in [0.15, 0.2) is 57.7 Å². The third kappa shape index (κ3) is 3.54. The lowest BCUT2D eigenvalue weighted by Crippen LogP contribution is -2.33. The maximum atomic E-state index is 13.4. The van der Waals surface area contributed by atoms with Gasteiger partial charge in [0.05, 0.1) is 17.0 Å². The molecular weight excluding hydrogens is 376 g/mol. The van der Waals surface area contributed by atoms with E-state index < -0.39 is 6.04 Å². The molecular formula is C25H28N2O3. The van der Waals surface area contributed by atoms with E-state index in [1.807, 2.05) is 48.2 Å². The van der Waals surface area contributed by atoms with Crippen LogP contribution in [0.3, 0.4) is 0 Å². The van der Waals surface area contributed by atoms with Crippen LogP contribution < -0.4 is 5.43 Å². The monoisotopic (exact) mass is 404 g/mol. The fraction of sp³-hybridized carbons (Fsp3) is 0.360. The van der Waals surface area contributed by atoms with Crippen molar-refractivity contribution in [2.75, 3.05) is 26.2 Å². The van der Waals surface area contributed by atoms with Crippen LogP contribution in [0, 0.1) is 6.92 Å². The van der Waals surface area contributed by atoms with Crippen molar-refractivity contribution in [3.05, 3.63) is 81.2 Å². The molecule has 0 N–H and O–H groups in total. The van der Waals surface area contributed by atoms with E-state index in [4.69, 9.17) is 4.42 Å². The fourth-order valence-electron chi connectivity index (χ4n) is 4.30. The van der Waals surface area contributed by atoms with Crippen LogP contribution in [0.5, 0.6) is 0 Å². The zero-order chi connectivity index (χ0) is 21.3. The Bertz CT molecular complexity index is 1110. The summed E-state index contributed by atoms with van der Waals surface area (Å²) in [6.45, 7) is 9.77. The molecule has 2 heterocycles. The summed E-state index contributed by atoms with van der Waals surface area (Å²) in [4.78, 5) is 30.9. The number of nitrogens with zero attached hydrogens (tertiary/aromatic N) is 2. The fourth-order valence-corrected chi connectivity index (χ4v) is 4.30. The third-order valence-corrected chi connectivity index (χ3v) is 6.03. The lowest BCUT2D eigenvalue weighted by Gasteiger charge is -2.26. The van der Waals surface area contributed by atoms with Gasteiger partial charge >= 0.3 is 0 Å². The molecule has 156 valence electrons. The van der Waals surface area contributed by atoms with Gasteiger partial charge in [-0.1, -0.05) is 55.8 Å². The number of rotatable bonds is 7. The number of benzene rings is 2. The first-order valence-electron chi connectivity index (χ1n) is 10.7. The Kier molecular flexibility index (Phi) is 5.73. The highest BCUT2D eigenvalue weighted by Crippen LogP contribution is 2.38. The van der Waals surface area contributed by atoms with Gasteiger partial charge in [-0.3, -0.25) is 9.59 Å². The summed E-state index contributed by atoms with van der Waals surface area (Å²) in [7, 11) is 0. The van der Waals surface area contributed by atoms with Gasteiger partial charge in [-0.05, 0) is 50.7 Å². The molecule has 2 aromatic carbocycles. The van der Waals surface area contributed by atoms with E-state index in [0.29, 0.717) is 23.1 Å². The Morgan fingerprint density at radius 3 is 2.40 bits per heavy atom. The van der Waals surface area contributed by atoms with Gasteiger partial charge in [-0.25, -0.2) is 0 Å². The Morgan fingerprint density at radius 1 is 1.00 bits per heavy atom. The first kappa shape index (κ1) is 20.4. The Morgan fingerprint density at radius 2 is 1.70 bits per heavy atom. The number of aryl methyl sites for hydroxylation is 1. The largest absolute Gasteiger partial charge is 0.450 e. The second-order valence-electron chi connectivity index (χ2n) is 7.86. The van der Waals surface area contributed by atoms with E-state index in [9.17, 15) is 9.59 Å². The molecule has 1 aliphatic rings. The highest BCUT2D eigenvalue weighted by Gasteiger charge is 2.42. The quantitative estimate of drug-likeness (QED) is 0.586. The average Bonchev–Trinajstić information content (AvgIpc) is 3.04. The number of carbonyl (C=O) groups is 1. The summed E-state index contributed by atoms with van der Waals surface area (Å²) < 4.78 is 5.97. The van der Waals surface area contributed by atoms with Crippen molar-refractivity contribution in [3.63, 3.8) is 0 Å². The molecule has 0 radical (unpaired) electrons. The van der Waals surface area contributed by atoms with Crippen LogP contribution in [0.1, 0.15) is 53.6 Å². The Balaban J connectivity index is 1.78. The van der Waals surface area contributed by atoms with Gasteiger partial charge in [0.15, 0.2) is 5.43 Å². The number of hydrogen-bond acceptors (Lipinski definition) is 4. The second-order valence-corrected chi connectivity index (χ2v) is 7.86. The van der Waals surface area contributed by atoms with Crippen molar-refractivity contribution in [2.45, 2.75) is 33.2 Å².